The van der Waals surface area contributed by atoms with Crippen LogP contribution >= 0.6 is 12.4 Å². The number of ether oxygens (including phenoxy) is 1. The van der Waals surface area contributed by atoms with Crippen LogP contribution in [0.1, 0.15) is 26.3 Å². The molecule has 1 saturated heterocycles. The van der Waals surface area contributed by atoms with Gasteiger partial charge in [-0.15, -0.1) is 12.4 Å². The van der Waals surface area contributed by atoms with Gasteiger partial charge in [0, 0.05) is 12.0 Å². The maximum absolute atomic E-state index is 5.96. The average molecular weight is 242 g/mol. The van der Waals surface area contributed by atoms with Gasteiger partial charge in [-0.05, 0) is 12.5 Å². The van der Waals surface area contributed by atoms with Gasteiger partial charge in [0.05, 0.1) is 6.61 Å². The molecule has 0 bridgehead atoms. The minimum absolute atomic E-state index is 0. The summed E-state index contributed by atoms with van der Waals surface area (Å²) in [7, 11) is 0. The summed E-state index contributed by atoms with van der Waals surface area (Å²) in [5.74, 6) is 0. The summed E-state index contributed by atoms with van der Waals surface area (Å²) < 4.78 is 5.96. The number of nitrogens with one attached hydrogen (secondary N) is 1. The average Bonchev–Trinajstić information content (AvgIpc) is 2.24. The maximum Gasteiger partial charge on any atom is 0.142 e. The highest BCUT2D eigenvalue weighted by atomic mass is 35.5. The fourth-order valence-electron chi connectivity index (χ4n) is 1.79. The van der Waals surface area contributed by atoms with Crippen LogP contribution in [0.5, 0.6) is 0 Å². The molecule has 0 spiro atoms. The van der Waals surface area contributed by atoms with E-state index in [0.717, 1.165) is 13.2 Å². The fraction of sp³-hybridized carbons (Fsp3) is 0.538. The predicted octanol–water partition coefficient (Wildman–Crippen LogP) is 2.93. The zero-order chi connectivity index (χ0) is 10.9. The molecule has 3 heteroatoms. The lowest BCUT2D eigenvalue weighted by atomic mass is 9.90. The Balaban J connectivity index is 0.00000128. The van der Waals surface area contributed by atoms with E-state index in [2.05, 4.69) is 38.2 Å². The summed E-state index contributed by atoms with van der Waals surface area (Å²) in [4.78, 5) is 0. The molecule has 1 aromatic carbocycles. The van der Waals surface area contributed by atoms with Gasteiger partial charge in [0.25, 0.3) is 0 Å². The molecule has 0 amide bonds. The van der Waals surface area contributed by atoms with E-state index in [0.29, 0.717) is 0 Å². The highest BCUT2D eigenvalue weighted by molar-refractivity contribution is 5.85. The maximum atomic E-state index is 5.96. The van der Waals surface area contributed by atoms with Crippen LogP contribution in [0, 0.1) is 5.41 Å². The Morgan fingerprint density at radius 1 is 1.12 bits per heavy atom. The largest absolute Gasteiger partial charge is 0.356 e. The van der Waals surface area contributed by atoms with Gasteiger partial charge in [0.1, 0.15) is 5.72 Å². The van der Waals surface area contributed by atoms with Crippen molar-refractivity contribution in [2.24, 2.45) is 5.41 Å². The highest BCUT2D eigenvalue weighted by Crippen LogP contribution is 2.30. The molecule has 1 unspecified atom stereocenters. The van der Waals surface area contributed by atoms with Crippen molar-refractivity contribution >= 4 is 12.4 Å². The molecular weight excluding hydrogens is 222 g/mol. The number of hydrogen-bond acceptors (Lipinski definition) is 2. The SMILES string of the molecule is CC1(C)CNC(C)(c2ccccc2)OC1.Cl. The van der Waals surface area contributed by atoms with Crippen LogP contribution in [0.4, 0.5) is 0 Å². The molecule has 90 valence electrons. The van der Waals surface area contributed by atoms with E-state index in [-0.39, 0.29) is 23.5 Å². The molecule has 16 heavy (non-hydrogen) atoms. The molecule has 2 nitrogen and oxygen atoms in total. The van der Waals surface area contributed by atoms with Crippen LogP contribution in [0.3, 0.4) is 0 Å². The Morgan fingerprint density at radius 3 is 2.25 bits per heavy atom. The zero-order valence-corrected chi connectivity index (χ0v) is 10.9. The molecule has 1 atom stereocenters. The minimum atomic E-state index is -0.323. The van der Waals surface area contributed by atoms with Gasteiger partial charge in [-0.2, -0.15) is 0 Å². The lowest BCUT2D eigenvalue weighted by Crippen LogP contribution is -2.53. The Bertz CT molecular complexity index is 327. The van der Waals surface area contributed by atoms with Crippen molar-refractivity contribution in [3.05, 3.63) is 35.9 Å². The fourth-order valence-corrected chi connectivity index (χ4v) is 1.79. The van der Waals surface area contributed by atoms with Gasteiger partial charge in [-0.25, -0.2) is 0 Å². The molecule has 1 aliphatic rings. The van der Waals surface area contributed by atoms with Crippen LogP contribution in [0.15, 0.2) is 30.3 Å². The number of benzene rings is 1. The molecule has 1 aliphatic heterocycles. The molecule has 1 N–H and O–H groups in total. The Kier molecular flexibility index (Phi) is 4.00. The van der Waals surface area contributed by atoms with E-state index < -0.39 is 0 Å². The molecule has 0 radical (unpaired) electrons. The number of rotatable bonds is 1. The van der Waals surface area contributed by atoms with E-state index in [9.17, 15) is 0 Å². The van der Waals surface area contributed by atoms with Gasteiger partial charge in [-0.3, -0.25) is 5.32 Å². The molecule has 1 aromatic rings. The third-order valence-electron chi connectivity index (χ3n) is 2.98. The van der Waals surface area contributed by atoms with Crippen molar-refractivity contribution < 1.29 is 4.74 Å². The van der Waals surface area contributed by atoms with Crippen LogP contribution in [-0.4, -0.2) is 13.2 Å². The number of halogens is 1. The Hall–Kier alpha value is -0.570. The monoisotopic (exact) mass is 241 g/mol. The van der Waals surface area contributed by atoms with Gasteiger partial charge >= 0.3 is 0 Å². The van der Waals surface area contributed by atoms with Crippen molar-refractivity contribution in [3.8, 4) is 0 Å². The van der Waals surface area contributed by atoms with Crippen molar-refractivity contribution in [3.63, 3.8) is 0 Å². The van der Waals surface area contributed by atoms with Gasteiger partial charge in [-0.1, -0.05) is 44.2 Å². The molecule has 0 aromatic heterocycles. The second kappa shape index (κ2) is 4.74. The first-order chi connectivity index (χ1) is 7.02. The minimum Gasteiger partial charge on any atom is -0.356 e. The van der Waals surface area contributed by atoms with Gasteiger partial charge in [0.15, 0.2) is 0 Å². The number of hydrogen-bond donors (Lipinski definition) is 1. The smallest absolute Gasteiger partial charge is 0.142 e. The van der Waals surface area contributed by atoms with E-state index >= 15 is 0 Å². The topological polar surface area (TPSA) is 21.3 Å². The zero-order valence-electron chi connectivity index (χ0n) is 10.1. The first-order valence-corrected chi connectivity index (χ1v) is 5.46. The molecule has 0 aliphatic carbocycles. The lowest BCUT2D eigenvalue weighted by Gasteiger charge is -2.42. The second-order valence-corrected chi connectivity index (χ2v) is 5.21. The predicted molar refractivity (Wildman–Crippen MR) is 68.8 cm³/mol. The van der Waals surface area contributed by atoms with E-state index in [4.69, 9.17) is 4.74 Å². The first-order valence-electron chi connectivity index (χ1n) is 5.46. The molecule has 0 saturated carbocycles. The summed E-state index contributed by atoms with van der Waals surface area (Å²) in [6.07, 6.45) is 0. The highest BCUT2D eigenvalue weighted by Gasteiger charge is 2.36. The summed E-state index contributed by atoms with van der Waals surface area (Å²) >= 11 is 0. The van der Waals surface area contributed by atoms with Crippen LogP contribution < -0.4 is 5.32 Å². The van der Waals surface area contributed by atoms with Crippen molar-refractivity contribution in [1.29, 1.82) is 0 Å². The van der Waals surface area contributed by atoms with Crippen molar-refractivity contribution in [2.45, 2.75) is 26.5 Å². The third kappa shape index (κ3) is 2.76. The molecule has 1 heterocycles. The first kappa shape index (κ1) is 13.5. The van der Waals surface area contributed by atoms with E-state index in [1.165, 1.54) is 5.56 Å². The second-order valence-electron chi connectivity index (χ2n) is 5.21. The van der Waals surface area contributed by atoms with E-state index in [1.807, 2.05) is 18.2 Å². The van der Waals surface area contributed by atoms with Crippen molar-refractivity contribution in [1.82, 2.24) is 5.32 Å². The summed E-state index contributed by atoms with van der Waals surface area (Å²) in [5.41, 5.74) is 1.10. The normalized spacial score (nSPS) is 28.2. The van der Waals surface area contributed by atoms with Crippen molar-refractivity contribution in [2.75, 3.05) is 13.2 Å². The van der Waals surface area contributed by atoms with Gasteiger partial charge in [0.2, 0.25) is 0 Å². The summed E-state index contributed by atoms with van der Waals surface area (Å²) in [6.45, 7) is 8.30. The third-order valence-corrected chi connectivity index (χ3v) is 2.98. The summed E-state index contributed by atoms with van der Waals surface area (Å²) in [5, 5.41) is 3.48. The summed E-state index contributed by atoms with van der Waals surface area (Å²) in [6, 6.07) is 10.3. The van der Waals surface area contributed by atoms with Crippen LogP contribution in [0.2, 0.25) is 0 Å². The molecule has 1 fully saturated rings. The molecule has 2 rings (SSSR count). The Morgan fingerprint density at radius 2 is 1.75 bits per heavy atom. The molecular formula is C13H20ClNO. The van der Waals surface area contributed by atoms with Crippen LogP contribution in [0.25, 0.3) is 0 Å². The Labute approximate surface area is 104 Å². The van der Waals surface area contributed by atoms with E-state index in [1.54, 1.807) is 0 Å². The van der Waals surface area contributed by atoms with Crippen LogP contribution in [-0.2, 0) is 10.5 Å². The standard InChI is InChI=1S/C13H19NO.ClH/c1-12(2)9-14-13(3,15-10-12)11-7-5-4-6-8-11;/h4-8,14H,9-10H2,1-3H3;1H. The lowest BCUT2D eigenvalue weighted by molar-refractivity contribution is -0.131. The van der Waals surface area contributed by atoms with Gasteiger partial charge < -0.3 is 4.74 Å². The quantitative estimate of drug-likeness (QED) is 0.817.